The van der Waals surface area contributed by atoms with E-state index in [1.807, 2.05) is 0 Å². The first-order chi connectivity index (χ1) is 14.1. The third kappa shape index (κ3) is 7.93. The predicted molar refractivity (Wildman–Crippen MR) is 114 cm³/mol. The van der Waals surface area contributed by atoms with Crippen molar-refractivity contribution in [3.05, 3.63) is 35.4 Å². The van der Waals surface area contributed by atoms with E-state index in [1.54, 1.807) is 0 Å². The lowest BCUT2D eigenvalue weighted by atomic mass is 10.1. The normalized spacial score (nSPS) is 21.3. The van der Waals surface area contributed by atoms with Crippen molar-refractivity contribution < 1.29 is 14.3 Å². The fourth-order valence-corrected chi connectivity index (χ4v) is 3.89. The number of rotatable bonds is 8. The van der Waals surface area contributed by atoms with Crippen molar-refractivity contribution in [3.8, 4) is 0 Å². The van der Waals surface area contributed by atoms with Crippen LogP contribution in [0.3, 0.4) is 0 Å². The molecule has 0 saturated carbocycles. The first-order valence-electron chi connectivity index (χ1n) is 10.8. The molecule has 0 spiro atoms. The molecule has 1 aromatic carbocycles. The molecule has 0 bridgehead atoms. The second-order valence-corrected chi connectivity index (χ2v) is 8.42. The first-order valence-corrected chi connectivity index (χ1v) is 10.8. The smallest absolute Gasteiger partial charge is 0.315 e. The summed E-state index contributed by atoms with van der Waals surface area (Å²) < 4.78 is 11.2. The number of nitrogens with zero attached hydrogens (tertiary/aromatic N) is 2. The van der Waals surface area contributed by atoms with Crippen LogP contribution in [0.4, 0.5) is 4.79 Å². The van der Waals surface area contributed by atoms with Gasteiger partial charge in [0.25, 0.3) is 0 Å². The van der Waals surface area contributed by atoms with Crippen LogP contribution in [0.15, 0.2) is 24.3 Å². The van der Waals surface area contributed by atoms with E-state index in [-0.39, 0.29) is 12.1 Å². The average molecular weight is 405 g/mol. The summed E-state index contributed by atoms with van der Waals surface area (Å²) in [6.45, 7) is 13.7. The number of urea groups is 1. The van der Waals surface area contributed by atoms with Crippen LogP contribution in [0.1, 0.15) is 25.0 Å². The second-order valence-electron chi connectivity index (χ2n) is 8.42. The number of benzene rings is 1. The highest BCUT2D eigenvalue weighted by Gasteiger charge is 2.21. The summed E-state index contributed by atoms with van der Waals surface area (Å²) in [5, 5.41) is 5.91. The van der Waals surface area contributed by atoms with Gasteiger partial charge in [0.1, 0.15) is 0 Å². The number of ether oxygens (including phenoxy) is 2. The fourth-order valence-electron chi connectivity index (χ4n) is 3.89. The van der Waals surface area contributed by atoms with E-state index < -0.39 is 0 Å². The zero-order valence-electron chi connectivity index (χ0n) is 17.9. The van der Waals surface area contributed by atoms with Crippen LogP contribution in [0.25, 0.3) is 0 Å². The zero-order chi connectivity index (χ0) is 20.5. The summed E-state index contributed by atoms with van der Waals surface area (Å²) in [5.41, 5.74) is 2.38. The standard InChI is InChI=1S/C22H36N4O3/c1-18(2)15-26-8-11-29-21(17-26)14-24-22(27)23-13-19-4-3-5-20(12-19)16-25-6-9-28-10-7-25/h3-5,12,18,21H,6-11,13-17H2,1-2H3,(H2,23,24,27)/t21-/m0/s1. The van der Waals surface area contributed by atoms with Gasteiger partial charge in [-0.15, -0.1) is 0 Å². The summed E-state index contributed by atoms with van der Waals surface area (Å²) >= 11 is 0. The molecule has 0 unspecified atom stereocenters. The lowest BCUT2D eigenvalue weighted by Crippen LogP contribution is -2.49. The van der Waals surface area contributed by atoms with Crippen molar-refractivity contribution in [1.82, 2.24) is 20.4 Å². The molecule has 162 valence electrons. The molecular formula is C22H36N4O3. The van der Waals surface area contributed by atoms with Gasteiger partial charge in [-0.05, 0) is 17.0 Å². The number of carbonyl (C=O) groups excluding carboxylic acids is 1. The molecule has 2 saturated heterocycles. The SMILES string of the molecule is CC(C)CN1CCO[C@@H](CNC(=O)NCc2cccc(CN3CCOCC3)c2)C1. The molecule has 0 radical (unpaired) electrons. The van der Waals surface area contributed by atoms with Gasteiger partial charge in [0.05, 0.1) is 25.9 Å². The molecule has 2 N–H and O–H groups in total. The van der Waals surface area contributed by atoms with Gasteiger partial charge >= 0.3 is 6.03 Å². The maximum Gasteiger partial charge on any atom is 0.315 e. The highest BCUT2D eigenvalue weighted by atomic mass is 16.5. The van der Waals surface area contributed by atoms with Crippen LogP contribution < -0.4 is 10.6 Å². The van der Waals surface area contributed by atoms with Gasteiger partial charge in [-0.1, -0.05) is 38.1 Å². The Hall–Kier alpha value is -1.67. The maximum atomic E-state index is 12.2. The molecule has 7 nitrogen and oxygen atoms in total. The number of hydrogen-bond donors (Lipinski definition) is 2. The molecule has 0 aromatic heterocycles. The molecule has 2 aliphatic rings. The van der Waals surface area contributed by atoms with E-state index in [2.05, 4.69) is 58.5 Å². The average Bonchev–Trinajstić information content (AvgIpc) is 2.72. The lowest BCUT2D eigenvalue weighted by Gasteiger charge is -2.33. The third-order valence-electron chi connectivity index (χ3n) is 5.29. The zero-order valence-corrected chi connectivity index (χ0v) is 17.9. The monoisotopic (exact) mass is 404 g/mol. The summed E-state index contributed by atoms with van der Waals surface area (Å²) in [6, 6.07) is 8.28. The predicted octanol–water partition coefficient (Wildman–Crippen LogP) is 1.67. The Bertz CT molecular complexity index is 634. The van der Waals surface area contributed by atoms with Gasteiger partial charge in [-0.3, -0.25) is 9.80 Å². The van der Waals surface area contributed by atoms with Crippen molar-refractivity contribution in [2.45, 2.75) is 33.0 Å². The maximum absolute atomic E-state index is 12.2. The van der Waals surface area contributed by atoms with E-state index >= 15 is 0 Å². The van der Waals surface area contributed by atoms with E-state index in [0.717, 1.165) is 64.7 Å². The Morgan fingerprint density at radius 2 is 1.86 bits per heavy atom. The van der Waals surface area contributed by atoms with Gasteiger partial charge in [-0.2, -0.15) is 0 Å². The molecule has 3 rings (SSSR count). The molecule has 2 fully saturated rings. The van der Waals surface area contributed by atoms with Gasteiger partial charge in [0.2, 0.25) is 0 Å². The summed E-state index contributed by atoms with van der Waals surface area (Å²) in [6.07, 6.45) is 0.0603. The van der Waals surface area contributed by atoms with E-state index in [4.69, 9.17) is 9.47 Å². The molecule has 2 amide bonds. The number of hydrogen-bond acceptors (Lipinski definition) is 5. The first kappa shape index (κ1) is 22.0. The minimum atomic E-state index is -0.145. The van der Waals surface area contributed by atoms with Gasteiger partial charge < -0.3 is 20.1 Å². The van der Waals surface area contributed by atoms with Crippen molar-refractivity contribution in [1.29, 1.82) is 0 Å². The Morgan fingerprint density at radius 3 is 2.66 bits per heavy atom. The topological polar surface area (TPSA) is 66.1 Å². The Labute approximate surface area is 174 Å². The van der Waals surface area contributed by atoms with Gasteiger partial charge in [0.15, 0.2) is 0 Å². The van der Waals surface area contributed by atoms with Crippen LogP contribution in [0.5, 0.6) is 0 Å². The number of nitrogens with one attached hydrogen (secondary N) is 2. The lowest BCUT2D eigenvalue weighted by molar-refractivity contribution is -0.0290. The van der Waals surface area contributed by atoms with Gasteiger partial charge in [-0.25, -0.2) is 4.79 Å². The molecular weight excluding hydrogens is 368 g/mol. The molecule has 7 heteroatoms. The Kier molecular flexibility index (Phi) is 8.73. The van der Waals surface area contributed by atoms with Crippen LogP contribution in [0, 0.1) is 5.92 Å². The molecule has 0 aliphatic carbocycles. The molecule has 1 atom stereocenters. The van der Waals surface area contributed by atoms with Crippen molar-refractivity contribution in [2.24, 2.45) is 5.92 Å². The minimum Gasteiger partial charge on any atom is -0.379 e. The Balaban J connectivity index is 1.37. The highest BCUT2D eigenvalue weighted by molar-refractivity contribution is 5.73. The molecule has 1 aromatic rings. The van der Waals surface area contributed by atoms with Crippen molar-refractivity contribution in [2.75, 3.05) is 59.1 Å². The quantitative estimate of drug-likeness (QED) is 0.690. The molecule has 2 heterocycles. The summed E-state index contributed by atoms with van der Waals surface area (Å²) in [4.78, 5) is 17.0. The largest absolute Gasteiger partial charge is 0.379 e. The van der Waals surface area contributed by atoms with Gasteiger partial charge in [0, 0.05) is 52.4 Å². The van der Waals surface area contributed by atoms with E-state index in [9.17, 15) is 4.79 Å². The van der Waals surface area contributed by atoms with Crippen molar-refractivity contribution >= 4 is 6.03 Å². The van der Waals surface area contributed by atoms with Crippen LogP contribution in [-0.2, 0) is 22.6 Å². The Morgan fingerprint density at radius 1 is 1.10 bits per heavy atom. The summed E-state index contributed by atoms with van der Waals surface area (Å²) in [5.74, 6) is 0.643. The minimum absolute atomic E-state index is 0.0603. The highest BCUT2D eigenvalue weighted by Crippen LogP contribution is 2.10. The van der Waals surface area contributed by atoms with E-state index in [1.165, 1.54) is 5.56 Å². The summed E-state index contributed by atoms with van der Waals surface area (Å²) in [7, 11) is 0. The van der Waals surface area contributed by atoms with Crippen LogP contribution in [0.2, 0.25) is 0 Å². The molecule has 29 heavy (non-hydrogen) atoms. The van der Waals surface area contributed by atoms with E-state index in [0.29, 0.717) is 19.0 Å². The number of amides is 2. The van der Waals surface area contributed by atoms with Crippen LogP contribution >= 0.6 is 0 Å². The third-order valence-corrected chi connectivity index (χ3v) is 5.29. The van der Waals surface area contributed by atoms with Crippen LogP contribution in [-0.4, -0.2) is 81.0 Å². The fraction of sp³-hybridized carbons (Fsp3) is 0.682. The van der Waals surface area contributed by atoms with Crippen molar-refractivity contribution in [3.63, 3.8) is 0 Å². The number of morpholine rings is 2. The second kappa shape index (κ2) is 11.5. The molecule has 2 aliphatic heterocycles. The number of carbonyl (C=O) groups is 1.